The first-order valence-electron chi connectivity index (χ1n) is 8.86. The Hall–Kier alpha value is -2.02. The molecule has 3 rings (SSSR count). The molecule has 1 heterocycles. The summed E-state index contributed by atoms with van der Waals surface area (Å²) in [5.74, 6) is 0. The molecule has 0 spiro atoms. The zero-order chi connectivity index (χ0) is 18.7. The standard InChI is InChI=1S/C20H26FN3O2/c1-24(2)15-5-8-19-13(9-15)4-7-18(23-19)14-3-6-17(22)20(10-14)26-12-16(25)11-21/h3-5,7-9,16-17,20,25H,6,10-12,22H2,1-2H3/t16?,17-,20?/m0/s1. The minimum atomic E-state index is -1.10. The van der Waals surface area contributed by atoms with Gasteiger partial charge in [-0.2, -0.15) is 0 Å². The van der Waals surface area contributed by atoms with Crippen LogP contribution in [0.25, 0.3) is 16.5 Å². The highest BCUT2D eigenvalue weighted by Crippen LogP contribution is 2.29. The molecule has 0 fully saturated rings. The van der Waals surface area contributed by atoms with Crippen molar-refractivity contribution in [2.45, 2.75) is 31.1 Å². The Balaban J connectivity index is 1.78. The maximum absolute atomic E-state index is 12.4. The van der Waals surface area contributed by atoms with E-state index in [1.54, 1.807) is 0 Å². The fourth-order valence-electron chi connectivity index (χ4n) is 3.12. The van der Waals surface area contributed by atoms with Crippen LogP contribution >= 0.6 is 0 Å². The van der Waals surface area contributed by atoms with Gasteiger partial charge in [0, 0.05) is 37.6 Å². The molecule has 2 aromatic rings. The predicted molar refractivity (Wildman–Crippen MR) is 103 cm³/mol. The van der Waals surface area contributed by atoms with E-state index in [0.717, 1.165) is 27.9 Å². The van der Waals surface area contributed by atoms with Crippen LogP contribution in [0.15, 0.2) is 36.4 Å². The molecule has 1 aromatic heterocycles. The van der Waals surface area contributed by atoms with Crippen molar-refractivity contribution < 1.29 is 14.2 Å². The number of aliphatic hydroxyl groups is 1. The second kappa shape index (κ2) is 8.12. The van der Waals surface area contributed by atoms with Crippen molar-refractivity contribution in [3.8, 4) is 0 Å². The minimum Gasteiger partial charge on any atom is -0.388 e. The number of pyridine rings is 1. The first-order chi connectivity index (χ1) is 12.5. The highest BCUT2D eigenvalue weighted by Gasteiger charge is 2.25. The number of alkyl halides is 1. The largest absolute Gasteiger partial charge is 0.388 e. The topological polar surface area (TPSA) is 71.6 Å². The average Bonchev–Trinajstić information content (AvgIpc) is 2.66. The van der Waals surface area contributed by atoms with Gasteiger partial charge in [0.1, 0.15) is 12.8 Å². The van der Waals surface area contributed by atoms with Gasteiger partial charge >= 0.3 is 0 Å². The Kier molecular flexibility index (Phi) is 5.86. The summed E-state index contributed by atoms with van der Waals surface area (Å²) in [5.41, 5.74) is 10.2. The highest BCUT2D eigenvalue weighted by molar-refractivity contribution is 5.84. The Morgan fingerprint density at radius 1 is 1.35 bits per heavy atom. The number of anilines is 1. The maximum atomic E-state index is 12.4. The van der Waals surface area contributed by atoms with Crippen LogP contribution in [0.5, 0.6) is 0 Å². The lowest BCUT2D eigenvalue weighted by molar-refractivity contribution is -0.0253. The number of benzene rings is 1. The zero-order valence-electron chi connectivity index (χ0n) is 15.2. The second-order valence-corrected chi connectivity index (χ2v) is 6.98. The molecule has 0 aliphatic heterocycles. The number of hydrogen-bond acceptors (Lipinski definition) is 5. The van der Waals surface area contributed by atoms with Gasteiger partial charge in [-0.05, 0) is 36.3 Å². The number of nitrogens with two attached hydrogens (primary N) is 1. The Labute approximate surface area is 153 Å². The van der Waals surface area contributed by atoms with Crippen molar-refractivity contribution in [1.82, 2.24) is 4.98 Å². The zero-order valence-corrected chi connectivity index (χ0v) is 15.2. The number of aliphatic hydroxyl groups excluding tert-OH is 1. The molecule has 3 atom stereocenters. The van der Waals surface area contributed by atoms with Gasteiger partial charge in [0.15, 0.2) is 0 Å². The summed E-state index contributed by atoms with van der Waals surface area (Å²) in [7, 11) is 4.03. The Morgan fingerprint density at radius 2 is 2.15 bits per heavy atom. The van der Waals surface area contributed by atoms with E-state index in [-0.39, 0.29) is 18.8 Å². The fourth-order valence-corrected chi connectivity index (χ4v) is 3.12. The van der Waals surface area contributed by atoms with E-state index in [1.165, 1.54) is 0 Å². The second-order valence-electron chi connectivity index (χ2n) is 6.98. The number of fused-ring (bicyclic) bond motifs is 1. The molecule has 0 bridgehead atoms. The van der Waals surface area contributed by atoms with Gasteiger partial charge in [0.05, 0.1) is 23.9 Å². The predicted octanol–water partition coefficient (Wildman–Crippen LogP) is 2.52. The van der Waals surface area contributed by atoms with Crippen LogP contribution in [0.2, 0.25) is 0 Å². The molecule has 2 unspecified atom stereocenters. The lowest BCUT2D eigenvalue weighted by Gasteiger charge is -2.29. The molecule has 1 aliphatic rings. The lowest BCUT2D eigenvalue weighted by Crippen LogP contribution is -2.40. The minimum absolute atomic E-state index is 0.0411. The summed E-state index contributed by atoms with van der Waals surface area (Å²) in [5, 5.41) is 10.5. The van der Waals surface area contributed by atoms with Gasteiger partial charge in [0.2, 0.25) is 0 Å². The maximum Gasteiger partial charge on any atom is 0.118 e. The van der Waals surface area contributed by atoms with Crippen molar-refractivity contribution in [3.05, 3.63) is 42.1 Å². The summed E-state index contributed by atoms with van der Waals surface area (Å²) >= 11 is 0. The quantitative estimate of drug-likeness (QED) is 0.829. The van der Waals surface area contributed by atoms with E-state index in [1.807, 2.05) is 26.2 Å². The third-order valence-corrected chi connectivity index (χ3v) is 4.73. The molecular formula is C20H26FN3O2. The fraction of sp³-hybridized carbons (Fsp3) is 0.450. The number of rotatable bonds is 6. The van der Waals surface area contributed by atoms with Crippen LogP contribution in [0.1, 0.15) is 18.5 Å². The molecule has 0 saturated heterocycles. The number of nitrogens with zero attached hydrogens (tertiary/aromatic N) is 2. The van der Waals surface area contributed by atoms with Crippen molar-refractivity contribution in [2.24, 2.45) is 5.73 Å². The van der Waals surface area contributed by atoms with E-state index >= 15 is 0 Å². The van der Waals surface area contributed by atoms with Gasteiger partial charge < -0.3 is 20.5 Å². The van der Waals surface area contributed by atoms with Gasteiger partial charge in [-0.3, -0.25) is 0 Å². The normalized spacial score (nSPS) is 21.5. The van der Waals surface area contributed by atoms with Gasteiger partial charge in [-0.25, -0.2) is 9.37 Å². The first kappa shape index (κ1) is 18.8. The molecule has 140 valence electrons. The number of aromatic nitrogens is 1. The highest BCUT2D eigenvalue weighted by atomic mass is 19.1. The van der Waals surface area contributed by atoms with Gasteiger partial charge in [-0.1, -0.05) is 12.1 Å². The molecule has 1 aliphatic carbocycles. The monoisotopic (exact) mass is 359 g/mol. The third kappa shape index (κ3) is 4.20. The summed E-state index contributed by atoms with van der Waals surface area (Å²) in [6.07, 6.45) is 2.03. The van der Waals surface area contributed by atoms with Crippen molar-refractivity contribution in [2.75, 3.05) is 32.3 Å². The molecule has 5 nitrogen and oxygen atoms in total. The van der Waals surface area contributed by atoms with Crippen molar-refractivity contribution in [1.29, 1.82) is 0 Å². The molecular weight excluding hydrogens is 333 g/mol. The molecule has 0 saturated carbocycles. The van der Waals surface area contributed by atoms with E-state index < -0.39 is 12.8 Å². The smallest absolute Gasteiger partial charge is 0.118 e. The Bertz CT molecular complexity index is 794. The average molecular weight is 359 g/mol. The summed E-state index contributed by atoms with van der Waals surface area (Å²) in [6.45, 7) is -0.855. The SMILES string of the molecule is CN(C)c1ccc2nc(C3=CC[C@H](N)C(OCC(O)CF)C3)ccc2c1. The molecule has 3 N–H and O–H groups in total. The van der Waals surface area contributed by atoms with Crippen LogP contribution in [0.4, 0.5) is 10.1 Å². The molecule has 1 aromatic carbocycles. The third-order valence-electron chi connectivity index (χ3n) is 4.73. The van der Waals surface area contributed by atoms with Crippen molar-refractivity contribution in [3.63, 3.8) is 0 Å². The lowest BCUT2D eigenvalue weighted by atomic mass is 9.90. The summed E-state index contributed by atoms with van der Waals surface area (Å²) in [6, 6.07) is 10.1. The van der Waals surface area contributed by atoms with Gasteiger partial charge in [0.25, 0.3) is 0 Å². The van der Waals surface area contributed by atoms with Crippen molar-refractivity contribution >= 4 is 22.2 Å². The number of halogens is 1. The first-order valence-corrected chi connectivity index (χ1v) is 8.86. The van der Waals surface area contributed by atoms with E-state index in [2.05, 4.69) is 29.2 Å². The van der Waals surface area contributed by atoms with Crippen LogP contribution in [0, 0.1) is 0 Å². The van der Waals surface area contributed by atoms with Crippen LogP contribution in [-0.4, -0.2) is 55.7 Å². The van der Waals surface area contributed by atoms with Crippen LogP contribution < -0.4 is 10.6 Å². The molecule has 0 radical (unpaired) electrons. The number of hydrogen-bond donors (Lipinski definition) is 2. The van der Waals surface area contributed by atoms with Crippen LogP contribution in [0.3, 0.4) is 0 Å². The van der Waals surface area contributed by atoms with E-state index in [9.17, 15) is 9.50 Å². The summed E-state index contributed by atoms with van der Waals surface area (Å²) in [4.78, 5) is 6.84. The molecule has 0 amide bonds. The number of ether oxygens (including phenoxy) is 1. The van der Waals surface area contributed by atoms with Crippen LogP contribution in [-0.2, 0) is 4.74 Å². The van der Waals surface area contributed by atoms with E-state index in [0.29, 0.717) is 12.8 Å². The van der Waals surface area contributed by atoms with E-state index in [4.69, 9.17) is 15.5 Å². The van der Waals surface area contributed by atoms with Gasteiger partial charge in [-0.15, -0.1) is 0 Å². The summed E-state index contributed by atoms with van der Waals surface area (Å²) < 4.78 is 18.1. The molecule has 26 heavy (non-hydrogen) atoms. The molecule has 6 heteroatoms. The Morgan fingerprint density at radius 3 is 2.88 bits per heavy atom.